The summed E-state index contributed by atoms with van der Waals surface area (Å²) in [6.45, 7) is -1.02. The first-order chi connectivity index (χ1) is 7.81. The molecule has 0 fully saturated rings. The molecular weight excluding hydrogens is 249 g/mol. The Morgan fingerprint density at radius 3 is 2.35 bits per heavy atom. The van der Waals surface area contributed by atoms with E-state index in [1.54, 1.807) is 0 Å². The van der Waals surface area contributed by atoms with E-state index in [1.165, 1.54) is 0 Å². The van der Waals surface area contributed by atoms with Gasteiger partial charge in [-0.3, -0.25) is 0 Å². The fourth-order valence-corrected chi connectivity index (χ4v) is 1.23. The molecule has 0 radical (unpaired) electrons. The normalized spacial score (nSPS) is 12.0. The van der Waals surface area contributed by atoms with E-state index in [2.05, 4.69) is 9.72 Å². The van der Waals surface area contributed by atoms with Crippen molar-refractivity contribution in [1.29, 1.82) is 0 Å². The Balaban J connectivity index is 3.45. The van der Waals surface area contributed by atoms with E-state index in [1.807, 2.05) is 0 Å². The number of hydrogen-bond acceptors (Lipinski definition) is 3. The number of pyridine rings is 1. The maximum absolute atomic E-state index is 12.5. The summed E-state index contributed by atoms with van der Waals surface area (Å²) in [4.78, 5) is 3.23. The maximum Gasteiger partial charge on any atom is 0.418 e. The molecule has 0 bridgehead atoms. The zero-order valence-electron chi connectivity index (χ0n) is 8.55. The van der Waals surface area contributed by atoms with Gasteiger partial charge < -0.3 is 9.84 Å². The highest BCUT2D eigenvalue weighted by molar-refractivity contribution is 5.36. The largest absolute Gasteiger partial charge is 0.481 e. The van der Waals surface area contributed by atoms with Crippen molar-refractivity contribution in [2.24, 2.45) is 0 Å². The van der Waals surface area contributed by atoms with Gasteiger partial charge in [0.05, 0.1) is 30.5 Å². The van der Waals surface area contributed by atoms with Crippen LogP contribution in [-0.2, 0) is 12.8 Å². The Kier molecular flexibility index (Phi) is 3.87. The highest BCUT2D eigenvalue weighted by Crippen LogP contribution is 2.37. The molecule has 0 aliphatic rings. The summed E-state index contributed by atoms with van der Waals surface area (Å²) in [5, 5.41) is 8.73. The van der Waals surface area contributed by atoms with Crippen LogP contribution in [0.2, 0.25) is 0 Å². The zero-order chi connectivity index (χ0) is 13.2. The first kappa shape index (κ1) is 13.6. The molecule has 0 aliphatic carbocycles. The highest BCUT2D eigenvalue weighted by Gasteiger charge is 2.36. The van der Waals surface area contributed by atoms with Gasteiger partial charge in [-0.1, -0.05) is 0 Å². The fourth-order valence-electron chi connectivity index (χ4n) is 1.23. The van der Waals surface area contributed by atoms with Crippen LogP contribution in [0.15, 0.2) is 6.07 Å². The number of aliphatic hydroxyl groups excluding tert-OH is 1. The summed E-state index contributed by atoms with van der Waals surface area (Å²) in [7, 11) is 1.00. The second-order valence-electron chi connectivity index (χ2n) is 3.04. The number of ether oxygens (including phenoxy) is 1. The van der Waals surface area contributed by atoms with Crippen LogP contribution in [0.5, 0.6) is 5.88 Å². The third-order valence-corrected chi connectivity index (χ3v) is 1.98. The summed E-state index contributed by atoms with van der Waals surface area (Å²) >= 11 is 0. The van der Waals surface area contributed by atoms with Gasteiger partial charge >= 0.3 is 6.18 Å². The number of rotatable bonds is 3. The second-order valence-corrected chi connectivity index (χ2v) is 3.04. The number of nitrogens with zero attached hydrogens (tertiary/aromatic N) is 1. The Morgan fingerprint density at radius 1 is 1.41 bits per heavy atom. The van der Waals surface area contributed by atoms with E-state index in [4.69, 9.17) is 5.11 Å². The molecule has 17 heavy (non-hydrogen) atoms. The van der Waals surface area contributed by atoms with Crippen LogP contribution in [0.4, 0.5) is 22.0 Å². The molecule has 96 valence electrons. The summed E-state index contributed by atoms with van der Waals surface area (Å²) in [6.07, 6.45) is -8.01. The lowest BCUT2D eigenvalue weighted by Crippen LogP contribution is -2.13. The predicted molar refractivity (Wildman–Crippen MR) is 46.7 cm³/mol. The van der Waals surface area contributed by atoms with Gasteiger partial charge in [0.25, 0.3) is 6.43 Å². The van der Waals surface area contributed by atoms with Crippen LogP contribution in [0.3, 0.4) is 0 Å². The zero-order valence-corrected chi connectivity index (χ0v) is 8.55. The Bertz CT molecular complexity index is 405. The third-order valence-electron chi connectivity index (χ3n) is 1.98. The van der Waals surface area contributed by atoms with Gasteiger partial charge in [0.15, 0.2) is 0 Å². The number of methoxy groups -OCH3 is 1. The summed E-state index contributed by atoms with van der Waals surface area (Å²) in [5.41, 5.74) is -3.10. The molecular formula is C9H8F5NO2. The number of halogens is 5. The molecule has 1 rings (SSSR count). The SMILES string of the molecule is COc1nc(CO)c(C(F)(F)F)cc1C(F)F. The number of hydrogen-bond donors (Lipinski definition) is 1. The van der Waals surface area contributed by atoms with Crippen molar-refractivity contribution in [3.63, 3.8) is 0 Å². The van der Waals surface area contributed by atoms with Crippen molar-refractivity contribution >= 4 is 0 Å². The molecule has 3 nitrogen and oxygen atoms in total. The lowest BCUT2D eigenvalue weighted by Gasteiger charge is -2.14. The monoisotopic (exact) mass is 257 g/mol. The first-order valence-corrected chi connectivity index (χ1v) is 4.35. The van der Waals surface area contributed by atoms with Crippen LogP contribution in [0, 0.1) is 0 Å². The highest BCUT2D eigenvalue weighted by atomic mass is 19.4. The van der Waals surface area contributed by atoms with Crippen molar-refractivity contribution in [3.05, 3.63) is 22.9 Å². The van der Waals surface area contributed by atoms with E-state index in [-0.39, 0.29) is 6.07 Å². The molecule has 1 N–H and O–H groups in total. The molecule has 0 spiro atoms. The molecule has 0 saturated carbocycles. The van der Waals surface area contributed by atoms with E-state index in [0.29, 0.717) is 0 Å². The number of aromatic nitrogens is 1. The van der Waals surface area contributed by atoms with Crippen molar-refractivity contribution in [3.8, 4) is 5.88 Å². The van der Waals surface area contributed by atoms with Crippen LogP contribution < -0.4 is 4.74 Å². The summed E-state index contributed by atoms with van der Waals surface area (Å²) in [6, 6.07) is 0.238. The van der Waals surface area contributed by atoms with Crippen LogP contribution in [0.1, 0.15) is 23.2 Å². The average Bonchev–Trinajstić information content (AvgIpc) is 2.25. The van der Waals surface area contributed by atoms with Crippen LogP contribution in [0.25, 0.3) is 0 Å². The van der Waals surface area contributed by atoms with Gasteiger partial charge in [0, 0.05) is 0 Å². The van der Waals surface area contributed by atoms with Gasteiger partial charge in [0.1, 0.15) is 0 Å². The minimum absolute atomic E-state index is 0.238. The Morgan fingerprint density at radius 2 is 2.00 bits per heavy atom. The van der Waals surface area contributed by atoms with E-state index < -0.39 is 41.9 Å². The lowest BCUT2D eigenvalue weighted by atomic mass is 10.1. The van der Waals surface area contributed by atoms with Crippen molar-refractivity contribution in [2.75, 3.05) is 7.11 Å². The topological polar surface area (TPSA) is 42.4 Å². The minimum Gasteiger partial charge on any atom is -0.481 e. The predicted octanol–water partition coefficient (Wildman–Crippen LogP) is 2.54. The van der Waals surface area contributed by atoms with Gasteiger partial charge in [-0.05, 0) is 6.07 Å². The van der Waals surface area contributed by atoms with Crippen molar-refractivity contribution in [1.82, 2.24) is 4.98 Å². The van der Waals surface area contributed by atoms with Gasteiger partial charge in [-0.25, -0.2) is 13.8 Å². The average molecular weight is 257 g/mol. The number of aliphatic hydroxyl groups is 1. The second kappa shape index (κ2) is 4.82. The smallest absolute Gasteiger partial charge is 0.418 e. The van der Waals surface area contributed by atoms with Crippen LogP contribution in [-0.4, -0.2) is 17.2 Å². The molecule has 0 unspecified atom stereocenters. The van der Waals surface area contributed by atoms with Crippen molar-refractivity contribution in [2.45, 2.75) is 19.2 Å². The maximum atomic E-state index is 12.5. The molecule has 0 aromatic carbocycles. The standard InChI is InChI=1S/C9H8F5NO2/c1-17-8-4(7(10)11)2-5(9(12,13)14)6(3-16)15-8/h2,7,16H,3H2,1H3. The van der Waals surface area contributed by atoms with Gasteiger partial charge in [0.2, 0.25) is 5.88 Å². The summed E-state index contributed by atoms with van der Waals surface area (Å²) < 4.78 is 66.8. The van der Waals surface area contributed by atoms with Gasteiger partial charge in [-0.2, -0.15) is 13.2 Å². The molecule has 0 amide bonds. The fraction of sp³-hybridized carbons (Fsp3) is 0.444. The third kappa shape index (κ3) is 2.82. The minimum atomic E-state index is -4.86. The first-order valence-electron chi connectivity index (χ1n) is 4.35. The van der Waals surface area contributed by atoms with Crippen molar-refractivity contribution < 1.29 is 31.8 Å². The quantitative estimate of drug-likeness (QED) is 0.846. The molecule has 8 heteroatoms. The lowest BCUT2D eigenvalue weighted by molar-refractivity contribution is -0.139. The molecule has 1 aromatic heterocycles. The summed E-state index contributed by atoms with van der Waals surface area (Å²) in [5.74, 6) is -0.628. The molecule has 0 aliphatic heterocycles. The van der Waals surface area contributed by atoms with Crippen LogP contribution >= 0.6 is 0 Å². The van der Waals surface area contributed by atoms with Gasteiger partial charge in [-0.15, -0.1) is 0 Å². The molecule has 1 aromatic rings. The van der Waals surface area contributed by atoms with E-state index in [0.717, 1.165) is 7.11 Å². The Labute approximate surface area is 92.8 Å². The van der Waals surface area contributed by atoms with E-state index in [9.17, 15) is 22.0 Å². The number of alkyl halides is 5. The molecule has 0 saturated heterocycles. The Hall–Kier alpha value is -1.44. The molecule has 0 atom stereocenters. The van der Waals surface area contributed by atoms with E-state index >= 15 is 0 Å². The molecule has 1 heterocycles.